The number of hydrogen-bond acceptors (Lipinski definition) is 3. The van der Waals surface area contributed by atoms with Crippen LogP contribution in [0.2, 0.25) is 0 Å². The highest BCUT2D eigenvalue weighted by Crippen LogP contribution is 1.99. The van der Waals surface area contributed by atoms with E-state index in [1.165, 1.54) is 0 Å². The van der Waals surface area contributed by atoms with Crippen molar-refractivity contribution >= 4 is 5.78 Å². The predicted molar refractivity (Wildman–Crippen MR) is 55.2 cm³/mol. The van der Waals surface area contributed by atoms with Gasteiger partial charge in [-0.2, -0.15) is 5.10 Å². The van der Waals surface area contributed by atoms with Crippen molar-refractivity contribution in [3.8, 4) is 0 Å². The van der Waals surface area contributed by atoms with Crippen LogP contribution < -0.4 is 5.32 Å². The smallest absolute Gasteiger partial charge is 0.151 e. The van der Waals surface area contributed by atoms with Crippen LogP contribution in [0, 0.1) is 0 Å². The van der Waals surface area contributed by atoms with Gasteiger partial charge in [0.25, 0.3) is 0 Å². The molecule has 0 spiro atoms. The van der Waals surface area contributed by atoms with Gasteiger partial charge in [0, 0.05) is 19.2 Å². The predicted octanol–water partition coefficient (Wildman–Crippen LogP) is 0.624. The van der Waals surface area contributed by atoms with Crippen LogP contribution in [0.3, 0.4) is 0 Å². The van der Waals surface area contributed by atoms with Gasteiger partial charge in [-0.1, -0.05) is 6.92 Å². The minimum atomic E-state index is 0.211. The average molecular weight is 195 g/mol. The van der Waals surface area contributed by atoms with Gasteiger partial charge in [-0.3, -0.25) is 9.48 Å². The van der Waals surface area contributed by atoms with Crippen molar-refractivity contribution in [1.29, 1.82) is 0 Å². The first-order chi connectivity index (χ1) is 6.76. The summed E-state index contributed by atoms with van der Waals surface area (Å²) in [5.41, 5.74) is 0.995. The van der Waals surface area contributed by atoms with Gasteiger partial charge in [-0.05, 0) is 19.0 Å². The molecular formula is C10H17N3O. The number of ketones is 1. The largest absolute Gasteiger partial charge is 0.310 e. The molecule has 0 radical (unpaired) electrons. The van der Waals surface area contributed by atoms with Gasteiger partial charge >= 0.3 is 0 Å². The van der Waals surface area contributed by atoms with Gasteiger partial charge in [0.2, 0.25) is 0 Å². The Morgan fingerprint density at radius 1 is 1.57 bits per heavy atom. The summed E-state index contributed by atoms with van der Waals surface area (Å²) >= 11 is 0. The number of carbonyl (C=O) groups is 1. The van der Waals surface area contributed by atoms with Crippen molar-refractivity contribution in [2.75, 3.05) is 13.1 Å². The summed E-state index contributed by atoms with van der Waals surface area (Å²) in [4.78, 5) is 11.4. The summed E-state index contributed by atoms with van der Waals surface area (Å²) in [6, 6.07) is 0. The van der Waals surface area contributed by atoms with Crippen LogP contribution in [-0.4, -0.2) is 28.7 Å². The van der Waals surface area contributed by atoms with Crippen LogP contribution in [0.4, 0.5) is 0 Å². The van der Waals surface area contributed by atoms with Crippen LogP contribution in [0.1, 0.15) is 19.4 Å². The maximum atomic E-state index is 11.4. The van der Waals surface area contributed by atoms with Crippen LogP contribution in [0.5, 0.6) is 0 Å². The highest BCUT2D eigenvalue weighted by atomic mass is 16.1. The molecule has 0 unspecified atom stereocenters. The minimum absolute atomic E-state index is 0.211. The van der Waals surface area contributed by atoms with E-state index in [4.69, 9.17) is 0 Å². The quantitative estimate of drug-likeness (QED) is 0.724. The Morgan fingerprint density at radius 2 is 2.36 bits per heavy atom. The third-order valence-electron chi connectivity index (χ3n) is 1.98. The van der Waals surface area contributed by atoms with Gasteiger partial charge in [-0.15, -0.1) is 0 Å². The van der Waals surface area contributed by atoms with Gasteiger partial charge in [0.15, 0.2) is 5.78 Å². The molecule has 1 heterocycles. The van der Waals surface area contributed by atoms with E-state index >= 15 is 0 Å². The van der Waals surface area contributed by atoms with Gasteiger partial charge < -0.3 is 5.32 Å². The summed E-state index contributed by atoms with van der Waals surface area (Å²) in [7, 11) is 0. The number of Topliss-reactive ketones (excluding diaryl/α,β-unsaturated/α-hetero) is 1. The van der Waals surface area contributed by atoms with Crippen LogP contribution >= 0.6 is 0 Å². The number of likely N-dealkylation sites (N-methyl/N-ethyl adjacent to an activating group) is 1. The van der Waals surface area contributed by atoms with Gasteiger partial charge in [0.1, 0.15) is 0 Å². The number of rotatable bonds is 6. The van der Waals surface area contributed by atoms with E-state index < -0.39 is 0 Å². The first-order valence-electron chi connectivity index (χ1n) is 5.00. The first-order valence-corrected chi connectivity index (χ1v) is 5.00. The Hall–Kier alpha value is -1.16. The van der Waals surface area contributed by atoms with E-state index in [0.29, 0.717) is 13.0 Å². The lowest BCUT2D eigenvalue weighted by atomic mass is 10.2. The molecule has 1 aromatic heterocycles. The van der Waals surface area contributed by atoms with E-state index in [-0.39, 0.29) is 5.78 Å². The van der Waals surface area contributed by atoms with Gasteiger partial charge in [-0.25, -0.2) is 0 Å². The number of carbonyl (C=O) groups excluding carboxylic acids is 1. The highest BCUT2D eigenvalue weighted by molar-refractivity contribution is 5.82. The third kappa shape index (κ3) is 3.30. The average Bonchev–Trinajstić information content (AvgIpc) is 2.62. The Bertz CT molecular complexity index is 293. The van der Waals surface area contributed by atoms with Crippen molar-refractivity contribution in [2.24, 2.45) is 0 Å². The highest BCUT2D eigenvalue weighted by Gasteiger charge is 2.04. The summed E-state index contributed by atoms with van der Waals surface area (Å²) < 4.78 is 1.83. The molecule has 0 fully saturated rings. The number of aromatic nitrogens is 2. The summed E-state index contributed by atoms with van der Waals surface area (Å²) in [5, 5.41) is 7.12. The number of hydrogen-bond donors (Lipinski definition) is 1. The third-order valence-corrected chi connectivity index (χ3v) is 1.98. The zero-order valence-corrected chi connectivity index (χ0v) is 8.79. The normalized spacial score (nSPS) is 10.4. The maximum Gasteiger partial charge on any atom is 0.151 e. The lowest BCUT2D eigenvalue weighted by Crippen LogP contribution is -2.23. The zero-order chi connectivity index (χ0) is 10.4. The molecule has 14 heavy (non-hydrogen) atoms. The molecule has 0 aliphatic rings. The molecule has 0 aliphatic heterocycles. The molecule has 0 aliphatic carbocycles. The SMILES string of the molecule is CCNCC(=O)Cc1cnn(CC)c1. The Morgan fingerprint density at radius 3 is 2.93 bits per heavy atom. The molecule has 0 aromatic carbocycles. The van der Waals surface area contributed by atoms with E-state index in [1.54, 1.807) is 6.20 Å². The van der Waals surface area contributed by atoms with Crippen molar-refractivity contribution in [3.05, 3.63) is 18.0 Å². The van der Waals surface area contributed by atoms with E-state index in [1.807, 2.05) is 24.7 Å². The second-order valence-electron chi connectivity index (χ2n) is 3.20. The number of aryl methyl sites for hydroxylation is 1. The van der Waals surface area contributed by atoms with E-state index in [2.05, 4.69) is 10.4 Å². The summed E-state index contributed by atoms with van der Waals surface area (Å²) in [5.74, 6) is 0.211. The topological polar surface area (TPSA) is 46.9 Å². The molecular weight excluding hydrogens is 178 g/mol. The van der Waals surface area contributed by atoms with E-state index in [0.717, 1.165) is 18.7 Å². The van der Waals surface area contributed by atoms with Crippen molar-refractivity contribution in [1.82, 2.24) is 15.1 Å². The summed E-state index contributed by atoms with van der Waals surface area (Å²) in [6.45, 7) is 6.15. The molecule has 1 rings (SSSR count). The van der Waals surface area contributed by atoms with Crippen molar-refractivity contribution in [2.45, 2.75) is 26.8 Å². The standard InChI is InChI=1S/C10H17N3O/c1-3-11-7-10(14)5-9-6-12-13(4-2)8-9/h6,8,11H,3-5,7H2,1-2H3. The molecule has 0 bridgehead atoms. The fourth-order valence-corrected chi connectivity index (χ4v) is 1.23. The molecule has 0 saturated heterocycles. The lowest BCUT2D eigenvalue weighted by Gasteiger charge is -1.98. The lowest BCUT2D eigenvalue weighted by molar-refractivity contribution is -0.117. The minimum Gasteiger partial charge on any atom is -0.310 e. The summed E-state index contributed by atoms with van der Waals surface area (Å²) in [6.07, 6.45) is 4.16. The fraction of sp³-hybridized carbons (Fsp3) is 0.600. The number of nitrogens with one attached hydrogen (secondary N) is 1. The van der Waals surface area contributed by atoms with E-state index in [9.17, 15) is 4.79 Å². The van der Waals surface area contributed by atoms with Crippen LogP contribution in [0.15, 0.2) is 12.4 Å². The molecule has 1 aromatic rings. The molecule has 0 saturated carbocycles. The van der Waals surface area contributed by atoms with Crippen molar-refractivity contribution in [3.63, 3.8) is 0 Å². The second-order valence-corrected chi connectivity index (χ2v) is 3.20. The Balaban J connectivity index is 2.39. The molecule has 4 heteroatoms. The van der Waals surface area contributed by atoms with Crippen molar-refractivity contribution < 1.29 is 4.79 Å². The molecule has 1 N–H and O–H groups in total. The molecule has 78 valence electrons. The van der Waals surface area contributed by atoms with Gasteiger partial charge in [0.05, 0.1) is 12.7 Å². The second kappa shape index (κ2) is 5.54. The fourth-order valence-electron chi connectivity index (χ4n) is 1.23. The number of nitrogens with zero attached hydrogens (tertiary/aromatic N) is 2. The van der Waals surface area contributed by atoms with Crippen LogP contribution in [-0.2, 0) is 17.8 Å². The van der Waals surface area contributed by atoms with Crippen LogP contribution in [0.25, 0.3) is 0 Å². The molecule has 4 nitrogen and oxygen atoms in total. The first kappa shape index (κ1) is 10.9. The molecule has 0 amide bonds. The Kier molecular flexibility index (Phi) is 4.32. The maximum absolute atomic E-state index is 11.4. The zero-order valence-electron chi connectivity index (χ0n) is 8.79. The monoisotopic (exact) mass is 195 g/mol. The molecule has 0 atom stereocenters. The Labute approximate surface area is 84.3 Å².